The van der Waals surface area contributed by atoms with Crippen molar-refractivity contribution in [3.05, 3.63) is 102 Å². The number of hydrogen-bond acceptors (Lipinski definition) is 8. The summed E-state index contributed by atoms with van der Waals surface area (Å²) in [5.41, 5.74) is 0.765. The number of carbonyl (C=O) groups excluding carboxylic acids is 2. The number of methoxy groups -OCH3 is 2. The van der Waals surface area contributed by atoms with Crippen molar-refractivity contribution < 1.29 is 38.0 Å². The third kappa shape index (κ3) is 7.14. The summed E-state index contributed by atoms with van der Waals surface area (Å²) in [4.78, 5) is 27.2. The Morgan fingerprint density at radius 1 is 0.800 bits per heavy atom. The van der Waals surface area contributed by atoms with Crippen molar-refractivity contribution >= 4 is 11.8 Å². The minimum Gasteiger partial charge on any atom is -0.489 e. The molecule has 0 N–H and O–H groups in total. The lowest BCUT2D eigenvalue weighted by Crippen LogP contribution is -2.57. The van der Waals surface area contributed by atoms with Gasteiger partial charge in [-0.25, -0.2) is 4.79 Å². The van der Waals surface area contributed by atoms with Crippen LogP contribution in [-0.2, 0) is 52.9 Å². The van der Waals surface area contributed by atoms with Gasteiger partial charge in [0.05, 0.1) is 20.3 Å². The standard InChI is InChI=1S/C32H36O8/c1-31(2)39-27(22-37-20-24-11-7-5-8-12-24)28(40-31)29(33)32(36-4,30(34)35-3)19-23-15-17-26(18-16-23)38-21-25-13-9-6-10-14-25/h5-18,27-28H,19-22H2,1-4H3/t27-,28+,32?/m0/s1. The molecule has 8 nitrogen and oxygen atoms in total. The van der Waals surface area contributed by atoms with Gasteiger partial charge in [-0.05, 0) is 42.7 Å². The summed E-state index contributed by atoms with van der Waals surface area (Å²) in [6.07, 6.45) is -1.93. The van der Waals surface area contributed by atoms with E-state index in [9.17, 15) is 9.59 Å². The molecule has 1 fully saturated rings. The lowest BCUT2D eigenvalue weighted by Gasteiger charge is -2.31. The molecule has 4 rings (SSSR count). The molecule has 3 atom stereocenters. The number of carbonyl (C=O) groups is 2. The highest BCUT2D eigenvalue weighted by atomic mass is 16.8. The second-order valence-electron chi connectivity index (χ2n) is 10.1. The minimum absolute atomic E-state index is 0.0636. The van der Waals surface area contributed by atoms with Gasteiger partial charge < -0.3 is 28.4 Å². The van der Waals surface area contributed by atoms with Crippen molar-refractivity contribution in [2.24, 2.45) is 0 Å². The average molecular weight is 549 g/mol. The number of esters is 1. The van der Waals surface area contributed by atoms with Crippen LogP contribution < -0.4 is 4.74 Å². The third-order valence-electron chi connectivity index (χ3n) is 6.72. The van der Waals surface area contributed by atoms with Crippen LogP contribution in [-0.4, -0.2) is 56.2 Å². The summed E-state index contributed by atoms with van der Waals surface area (Å²) in [5, 5.41) is 0. The molecular weight excluding hydrogens is 512 g/mol. The Balaban J connectivity index is 1.49. The van der Waals surface area contributed by atoms with E-state index >= 15 is 0 Å². The smallest absolute Gasteiger partial charge is 0.346 e. The van der Waals surface area contributed by atoms with E-state index < -0.39 is 35.3 Å². The second-order valence-corrected chi connectivity index (χ2v) is 10.1. The van der Waals surface area contributed by atoms with E-state index in [2.05, 4.69) is 0 Å². The summed E-state index contributed by atoms with van der Waals surface area (Å²) >= 11 is 0. The fourth-order valence-corrected chi connectivity index (χ4v) is 4.69. The summed E-state index contributed by atoms with van der Waals surface area (Å²) in [5.74, 6) is -1.81. The first-order valence-corrected chi connectivity index (χ1v) is 13.2. The molecule has 3 aromatic rings. The number of hydrogen-bond donors (Lipinski definition) is 0. The van der Waals surface area contributed by atoms with Crippen LogP contribution >= 0.6 is 0 Å². The predicted octanol–water partition coefficient (Wildman–Crippen LogP) is 4.67. The van der Waals surface area contributed by atoms with E-state index in [1.54, 1.807) is 38.1 Å². The van der Waals surface area contributed by atoms with E-state index in [0.717, 1.165) is 11.1 Å². The van der Waals surface area contributed by atoms with Crippen molar-refractivity contribution in [2.75, 3.05) is 20.8 Å². The quantitative estimate of drug-likeness (QED) is 0.225. The van der Waals surface area contributed by atoms with Crippen molar-refractivity contribution in [3.8, 4) is 5.75 Å². The number of ether oxygens (including phenoxy) is 6. The van der Waals surface area contributed by atoms with Crippen molar-refractivity contribution in [1.29, 1.82) is 0 Å². The van der Waals surface area contributed by atoms with Crippen molar-refractivity contribution in [1.82, 2.24) is 0 Å². The predicted molar refractivity (Wildman–Crippen MR) is 148 cm³/mol. The van der Waals surface area contributed by atoms with Gasteiger partial charge in [-0.1, -0.05) is 72.8 Å². The number of Topliss-reactive ketones (excluding diaryl/α,β-unsaturated/α-hetero) is 1. The fourth-order valence-electron chi connectivity index (χ4n) is 4.69. The molecular formula is C32H36O8. The maximum absolute atomic E-state index is 14.0. The molecule has 1 saturated heterocycles. The molecule has 0 aromatic heterocycles. The molecule has 8 heteroatoms. The summed E-state index contributed by atoms with van der Waals surface area (Å²) in [6, 6.07) is 26.7. The van der Waals surface area contributed by atoms with Gasteiger partial charge in [-0.15, -0.1) is 0 Å². The zero-order valence-electron chi connectivity index (χ0n) is 23.3. The molecule has 1 aliphatic rings. The third-order valence-corrected chi connectivity index (χ3v) is 6.72. The van der Waals surface area contributed by atoms with Gasteiger partial charge in [0.25, 0.3) is 0 Å². The van der Waals surface area contributed by atoms with E-state index in [4.69, 9.17) is 28.4 Å². The molecule has 0 spiro atoms. The highest BCUT2D eigenvalue weighted by molar-refractivity contribution is 6.10. The summed E-state index contributed by atoms with van der Waals surface area (Å²) < 4.78 is 34.5. The molecule has 1 heterocycles. The zero-order chi connectivity index (χ0) is 28.6. The molecule has 0 radical (unpaired) electrons. The molecule has 0 amide bonds. The average Bonchev–Trinajstić information content (AvgIpc) is 3.29. The Morgan fingerprint density at radius 2 is 1.40 bits per heavy atom. The van der Waals surface area contributed by atoms with Crippen LogP contribution in [0.25, 0.3) is 0 Å². The highest BCUT2D eigenvalue weighted by Gasteiger charge is 2.56. The van der Waals surface area contributed by atoms with E-state index in [1.807, 2.05) is 60.7 Å². The Morgan fingerprint density at radius 3 is 1.98 bits per heavy atom. The first kappa shape index (κ1) is 29.4. The molecule has 1 unspecified atom stereocenters. The summed E-state index contributed by atoms with van der Waals surface area (Å²) in [6.45, 7) is 4.28. The van der Waals surface area contributed by atoms with Crippen LogP contribution in [0.15, 0.2) is 84.9 Å². The maximum atomic E-state index is 14.0. The fraction of sp³-hybridized carbons (Fsp3) is 0.375. The van der Waals surface area contributed by atoms with E-state index in [-0.39, 0.29) is 13.0 Å². The van der Waals surface area contributed by atoms with Crippen LogP contribution in [0.5, 0.6) is 5.75 Å². The normalized spacial score (nSPS) is 19.5. The van der Waals surface area contributed by atoms with Crippen LogP contribution in [0.2, 0.25) is 0 Å². The Labute approximate surface area is 235 Å². The van der Waals surface area contributed by atoms with Gasteiger partial charge >= 0.3 is 5.97 Å². The largest absolute Gasteiger partial charge is 0.489 e. The molecule has 212 valence electrons. The van der Waals surface area contributed by atoms with Crippen LogP contribution in [0.3, 0.4) is 0 Å². The van der Waals surface area contributed by atoms with Crippen LogP contribution in [0.4, 0.5) is 0 Å². The monoisotopic (exact) mass is 548 g/mol. The number of ketones is 1. The minimum atomic E-state index is -1.95. The molecule has 40 heavy (non-hydrogen) atoms. The molecule has 0 saturated carbocycles. The van der Waals surface area contributed by atoms with Crippen LogP contribution in [0, 0.1) is 0 Å². The molecule has 3 aromatic carbocycles. The second kappa shape index (κ2) is 13.2. The van der Waals surface area contributed by atoms with E-state index in [1.165, 1.54) is 14.2 Å². The summed E-state index contributed by atoms with van der Waals surface area (Å²) in [7, 11) is 2.54. The Hall–Kier alpha value is -3.56. The first-order valence-electron chi connectivity index (χ1n) is 13.2. The lowest BCUT2D eigenvalue weighted by atomic mass is 9.85. The van der Waals surface area contributed by atoms with Gasteiger partial charge in [-0.3, -0.25) is 4.79 Å². The van der Waals surface area contributed by atoms with Crippen molar-refractivity contribution in [3.63, 3.8) is 0 Å². The van der Waals surface area contributed by atoms with Gasteiger partial charge in [0.2, 0.25) is 11.4 Å². The van der Waals surface area contributed by atoms with Crippen molar-refractivity contribution in [2.45, 2.75) is 57.1 Å². The van der Waals surface area contributed by atoms with Gasteiger partial charge in [0, 0.05) is 13.5 Å². The molecule has 1 aliphatic heterocycles. The maximum Gasteiger partial charge on any atom is 0.346 e. The van der Waals surface area contributed by atoms with E-state index in [0.29, 0.717) is 24.5 Å². The molecule has 0 aliphatic carbocycles. The number of benzene rings is 3. The van der Waals surface area contributed by atoms with Crippen LogP contribution in [0.1, 0.15) is 30.5 Å². The zero-order valence-corrected chi connectivity index (χ0v) is 23.3. The molecule has 0 bridgehead atoms. The first-order chi connectivity index (χ1) is 19.3. The van der Waals surface area contributed by atoms with Gasteiger partial charge in [-0.2, -0.15) is 0 Å². The highest BCUT2D eigenvalue weighted by Crippen LogP contribution is 2.34. The Kier molecular flexibility index (Phi) is 9.71. The lowest BCUT2D eigenvalue weighted by molar-refractivity contribution is -0.181. The number of rotatable bonds is 13. The van der Waals surface area contributed by atoms with Gasteiger partial charge in [0.15, 0.2) is 11.9 Å². The van der Waals surface area contributed by atoms with Gasteiger partial charge in [0.1, 0.15) is 18.5 Å². The SMILES string of the molecule is COC(=O)C(Cc1ccc(OCc2ccccc2)cc1)(OC)C(=O)[C@@H]1OC(C)(C)O[C@H]1COCc1ccccc1. The topological polar surface area (TPSA) is 89.5 Å². The Bertz CT molecular complexity index is 1240.